The Labute approximate surface area is 187 Å². The van der Waals surface area contributed by atoms with Gasteiger partial charge in [-0.2, -0.15) is 0 Å². The van der Waals surface area contributed by atoms with E-state index in [-0.39, 0.29) is 11.7 Å². The molecule has 0 saturated carbocycles. The molecule has 30 heavy (non-hydrogen) atoms. The van der Waals surface area contributed by atoms with Crippen LogP contribution >= 0.6 is 27.5 Å². The van der Waals surface area contributed by atoms with Crippen LogP contribution < -0.4 is 5.32 Å². The Morgan fingerprint density at radius 2 is 1.70 bits per heavy atom. The number of nitrogens with one attached hydrogen (secondary N) is 1. The largest absolute Gasteiger partial charge is 0.319 e. The molecule has 5 nitrogen and oxygen atoms in total. The standard InChI is InChI=1S/C23H18BrClN4O/c1-14-3-11-19(12-4-14)26-23(30)21-27-22(16-6-8-17(24)9-7-16)29(28-21)20-13-18(25)10-5-15(20)2/h3-13H,1-2H3,(H,26,30). The third-order valence-electron chi connectivity index (χ3n) is 4.62. The van der Waals surface area contributed by atoms with E-state index in [0.717, 1.165) is 26.9 Å². The Morgan fingerprint density at radius 3 is 2.40 bits per heavy atom. The highest BCUT2D eigenvalue weighted by atomic mass is 79.9. The molecule has 4 aromatic rings. The number of halogens is 2. The molecule has 0 spiro atoms. The van der Waals surface area contributed by atoms with E-state index >= 15 is 0 Å². The van der Waals surface area contributed by atoms with Crippen LogP contribution in [0.5, 0.6) is 0 Å². The lowest BCUT2D eigenvalue weighted by molar-refractivity contribution is 0.101. The minimum absolute atomic E-state index is 0.0767. The number of hydrogen-bond donors (Lipinski definition) is 1. The topological polar surface area (TPSA) is 59.8 Å². The number of benzene rings is 3. The van der Waals surface area contributed by atoms with Crippen LogP contribution in [0.2, 0.25) is 5.02 Å². The Kier molecular flexibility index (Phi) is 5.70. The first-order valence-corrected chi connectivity index (χ1v) is 10.5. The molecule has 0 unspecified atom stereocenters. The van der Waals surface area contributed by atoms with Crippen LogP contribution in [0.1, 0.15) is 21.7 Å². The first-order chi connectivity index (χ1) is 14.4. The Bertz CT molecular complexity index is 1220. The molecular weight excluding hydrogens is 464 g/mol. The number of aryl methyl sites for hydroxylation is 2. The van der Waals surface area contributed by atoms with Crippen LogP contribution in [0.15, 0.2) is 71.2 Å². The summed E-state index contributed by atoms with van der Waals surface area (Å²) in [6.07, 6.45) is 0. The molecule has 1 aromatic heterocycles. The van der Waals surface area contributed by atoms with Gasteiger partial charge in [-0.3, -0.25) is 4.79 Å². The molecule has 3 aromatic carbocycles. The number of hydrogen-bond acceptors (Lipinski definition) is 3. The van der Waals surface area contributed by atoms with Crippen LogP contribution in [0.4, 0.5) is 5.69 Å². The van der Waals surface area contributed by atoms with Crippen molar-refractivity contribution < 1.29 is 4.79 Å². The van der Waals surface area contributed by atoms with Gasteiger partial charge < -0.3 is 5.32 Å². The van der Waals surface area contributed by atoms with Crippen LogP contribution in [-0.4, -0.2) is 20.7 Å². The average Bonchev–Trinajstić information content (AvgIpc) is 3.17. The van der Waals surface area contributed by atoms with Crippen molar-refractivity contribution in [2.45, 2.75) is 13.8 Å². The zero-order valence-electron chi connectivity index (χ0n) is 16.4. The second kappa shape index (κ2) is 8.42. The fourth-order valence-corrected chi connectivity index (χ4v) is 3.43. The molecule has 4 rings (SSSR count). The maximum atomic E-state index is 12.9. The number of rotatable bonds is 4. The van der Waals surface area contributed by atoms with Crippen molar-refractivity contribution in [1.82, 2.24) is 14.8 Å². The van der Waals surface area contributed by atoms with Gasteiger partial charge in [-0.15, -0.1) is 5.10 Å². The minimum atomic E-state index is -0.379. The van der Waals surface area contributed by atoms with Gasteiger partial charge in [0.25, 0.3) is 5.91 Å². The molecule has 1 amide bonds. The third kappa shape index (κ3) is 4.30. The van der Waals surface area contributed by atoms with E-state index in [0.29, 0.717) is 16.5 Å². The van der Waals surface area contributed by atoms with E-state index in [1.54, 1.807) is 4.68 Å². The monoisotopic (exact) mass is 480 g/mol. The van der Waals surface area contributed by atoms with Crippen LogP contribution in [0.25, 0.3) is 17.1 Å². The highest BCUT2D eigenvalue weighted by molar-refractivity contribution is 9.10. The summed E-state index contributed by atoms with van der Waals surface area (Å²) in [6.45, 7) is 3.96. The predicted molar refractivity (Wildman–Crippen MR) is 123 cm³/mol. The van der Waals surface area contributed by atoms with Crippen molar-refractivity contribution >= 4 is 39.1 Å². The molecule has 7 heteroatoms. The highest BCUT2D eigenvalue weighted by Crippen LogP contribution is 2.26. The van der Waals surface area contributed by atoms with Crippen molar-refractivity contribution in [2.75, 3.05) is 5.32 Å². The molecule has 0 aliphatic carbocycles. The summed E-state index contributed by atoms with van der Waals surface area (Å²) in [5.74, 6) is 0.255. The highest BCUT2D eigenvalue weighted by Gasteiger charge is 2.20. The fraction of sp³-hybridized carbons (Fsp3) is 0.0870. The van der Waals surface area contributed by atoms with Crippen LogP contribution in [-0.2, 0) is 0 Å². The van der Waals surface area contributed by atoms with Gasteiger partial charge in [0.05, 0.1) is 5.69 Å². The van der Waals surface area contributed by atoms with E-state index in [9.17, 15) is 4.79 Å². The Morgan fingerprint density at radius 1 is 1.00 bits per heavy atom. The van der Waals surface area contributed by atoms with Gasteiger partial charge in [0.2, 0.25) is 5.82 Å². The van der Waals surface area contributed by atoms with Crippen molar-refractivity contribution in [3.63, 3.8) is 0 Å². The normalized spacial score (nSPS) is 10.8. The van der Waals surface area contributed by atoms with E-state index in [1.807, 2.05) is 80.6 Å². The van der Waals surface area contributed by atoms with Gasteiger partial charge in [0, 0.05) is 20.7 Å². The molecule has 0 aliphatic rings. The SMILES string of the molecule is Cc1ccc(NC(=O)c2nc(-c3ccc(Br)cc3)n(-c3cc(Cl)ccc3C)n2)cc1. The summed E-state index contributed by atoms with van der Waals surface area (Å²) in [7, 11) is 0. The molecule has 0 atom stereocenters. The van der Waals surface area contributed by atoms with Gasteiger partial charge in [0.15, 0.2) is 5.82 Å². The molecule has 0 saturated heterocycles. The Balaban J connectivity index is 1.79. The zero-order chi connectivity index (χ0) is 21.3. The number of carbonyl (C=O) groups is 1. The summed E-state index contributed by atoms with van der Waals surface area (Å²) in [4.78, 5) is 17.4. The molecule has 0 bridgehead atoms. The minimum Gasteiger partial charge on any atom is -0.319 e. The zero-order valence-corrected chi connectivity index (χ0v) is 18.7. The summed E-state index contributed by atoms with van der Waals surface area (Å²) in [5.41, 5.74) is 4.37. The van der Waals surface area contributed by atoms with Crippen LogP contribution in [0, 0.1) is 13.8 Å². The number of carbonyl (C=O) groups excluding carboxylic acids is 1. The van der Waals surface area contributed by atoms with Gasteiger partial charge in [-0.25, -0.2) is 9.67 Å². The van der Waals surface area contributed by atoms with Crippen molar-refractivity contribution in [2.24, 2.45) is 0 Å². The predicted octanol–water partition coefficient (Wildman–Crippen LogP) is 6.22. The van der Waals surface area contributed by atoms with E-state index < -0.39 is 0 Å². The maximum absolute atomic E-state index is 12.9. The molecule has 1 N–H and O–H groups in total. The number of amides is 1. The summed E-state index contributed by atoms with van der Waals surface area (Å²) in [5, 5.41) is 7.95. The van der Waals surface area contributed by atoms with Gasteiger partial charge in [-0.05, 0) is 55.8 Å². The Hall–Kier alpha value is -2.96. The van der Waals surface area contributed by atoms with E-state index in [1.165, 1.54) is 0 Å². The number of aromatic nitrogens is 3. The number of nitrogens with zero attached hydrogens (tertiary/aromatic N) is 3. The quantitative estimate of drug-likeness (QED) is 0.376. The molecule has 1 heterocycles. The maximum Gasteiger partial charge on any atom is 0.295 e. The van der Waals surface area contributed by atoms with Crippen molar-refractivity contribution in [1.29, 1.82) is 0 Å². The van der Waals surface area contributed by atoms with Crippen LogP contribution in [0.3, 0.4) is 0 Å². The molecule has 0 aliphatic heterocycles. The fourth-order valence-electron chi connectivity index (χ4n) is 3.00. The van der Waals surface area contributed by atoms with Gasteiger partial charge in [-0.1, -0.05) is 63.4 Å². The van der Waals surface area contributed by atoms with Crippen molar-refractivity contribution in [3.8, 4) is 17.1 Å². The molecule has 0 radical (unpaired) electrons. The summed E-state index contributed by atoms with van der Waals surface area (Å²) in [6, 6.07) is 20.8. The summed E-state index contributed by atoms with van der Waals surface area (Å²) < 4.78 is 2.61. The van der Waals surface area contributed by atoms with E-state index in [2.05, 4.69) is 31.3 Å². The second-order valence-corrected chi connectivity index (χ2v) is 8.28. The van der Waals surface area contributed by atoms with E-state index in [4.69, 9.17) is 11.6 Å². The first-order valence-electron chi connectivity index (χ1n) is 9.28. The smallest absolute Gasteiger partial charge is 0.295 e. The lowest BCUT2D eigenvalue weighted by atomic mass is 10.2. The number of anilines is 1. The third-order valence-corrected chi connectivity index (χ3v) is 5.39. The lowest BCUT2D eigenvalue weighted by Crippen LogP contribution is -2.14. The molecule has 0 fully saturated rings. The van der Waals surface area contributed by atoms with Crippen molar-refractivity contribution in [3.05, 3.63) is 93.2 Å². The van der Waals surface area contributed by atoms with Gasteiger partial charge in [0.1, 0.15) is 0 Å². The first kappa shape index (κ1) is 20.3. The average molecular weight is 482 g/mol. The summed E-state index contributed by atoms with van der Waals surface area (Å²) >= 11 is 9.68. The molecular formula is C23H18BrClN4O. The molecule has 150 valence electrons. The van der Waals surface area contributed by atoms with Gasteiger partial charge >= 0.3 is 0 Å². The lowest BCUT2D eigenvalue weighted by Gasteiger charge is -2.09. The second-order valence-electron chi connectivity index (χ2n) is 6.93.